The predicted octanol–water partition coefficient (Wildman–Crippen LogP) is 2.75. The van der Waals surface area contributed by atoms with Crippen molar-refractivity contribution in [2.24, 2.45) is 0 Å². The molecule has 0 saturated heterocycles. The standard InChI is InChI=1S/C12H18N2O/c1-5-6-11(15)14-12-8(2)7-9(3)13-10(12)4/h7H,5-6H2,1-4H3,(H,14,15). The molecule has 0 aliphatic heterocycles. The molecule has 82 valence electrons. The summed E-state index contributed by atoms with van der Waals surface area (Å²) >= 11 is 0. The number of carbonyl (C=O) groups is 1. The number of nitrogens with zero attached hydrogens (tertiary/aromatic N) is 1. The van der Waals surface area contributed by atoms with Crippen molar-refractivity contribution in [1.29, 1.82) is 0 Å². The normalized spacial score (nSPS) is 10.1. The van der Waals surface area contributed by atoms with Gasteiger partial charge in [0.15, 0.2) is 0 Å². The number of amides is 1. The first-order chi connectivity index (χ1) is 7.04. The summed E-state index contributed by atoms with van der Waals surface area (Å²) in [7, 11) is 0. The second-order valence-electron chi connectivity index (χ2n) is 3.84. The zero-order valence-corrected chi connectivity index (χ0v) is 9.85. The summed E-state index contributed by atoms with van der Waals surface area (Å²) in [5.74, 6) is 0.0642. The van der Waals surface area contributed by atoms with Crippen LogP contribution in [0, 0.1) is 20.8 Å². The summed E-state index contributed by atoms with van der Waals surface area (Å²) in [6.07, 6.45) is 1.43. The molecule has 1 aromatic heterocycles. The Hall–Kier alpha value is -1.38. The fourth-order valence-corrected chi connectivity index (χ4v) is 1.64. The molecule has 0 fully saturated rings. The number of pyridine rings is 1. The van der Waals surface area contributed by atoms with Gasteiger partial charge in [-0.05, 0) is 38.8 Å². The lowest BCUT2D eigenvalue weighted by Gasteiger charge is -2.11. The van der Waals surface area contributed by atoms with Crippen molar-refractivity contribution in [1.82, 2.24) is 4.98 Å². The number of aromatic nitrogens is 1. The van der Waals surface area contributed by atoms with Crippen LogP contribution in [0.25, 0.3) is 0 Å². The van der Waals surface area contributed by atoms with Gasteiger partial charge in [-0.1, -0.05) is 6.92 Å². The third-order valence-corrected chi connectivity index (χ3v) is 2.27. The maximum absolute atomic E-state index is 11.5. The van der Waals surface area contributed by atoms with E-state index in [0.717, 1.165) is 29.1 Å². The van der Waals surface area contributed by atoms with E-state index in [1.807, 2.05) is 33.8 Å². The smallest absolute Gasteiger partial charge is 0.224 e. The molecule has 0 aromatic carbocycles. The number of hydrogen-bond acceptors (Lipinski definition) is 2. The summed E-state index contributed by atoms with van der Waals surface area (Å²) in [4.78, 5) is 15.8. The van der Waals surface area contributed by atoms with Gasteiger partial charge in [-0.3, -0.25) is 9.78 Å². The lowest BCUT2D eigenvalue weighted by Crippen LogP contribution is -2.13. The molecule has 1 aromatic rings. The van der Waals surface area contributed by atoms with Crippen LogP contribution in [0.1, 0.15) is 36.7 Å². The van der Waals surface area contributed by atoms with Gasteiger partial charge in [0.1, 0.15) is 0 Å². The Morgan fingerprint density at radius 3 is 2.60 bits per heavy atom. The number of aryl methyl sites for hydroxylation is 3. The third-order valence-electron chi connectivity index (χ3n) is 2.27. The predicted molar refractivity (Wildman–Crippen MR) is 62.0 cm³/mol. The molecule has 1 heterocycles. The Morgan fingerprint density at radius 2 is 2.07 bits per heavy atom. The molecule has 0 aliphatic rings. The van der Waals surface area contributed by atoms with Gasteiger partial charge in [0.05, 0.1) is 11.4 Å². The van der Waals surface area contributed by atoms with Crippen LogP contribution < -0.4 is 5.32 Å². The molecule has 3 heteroatoms. The molecule has 3 nitrogen and oxygen atoms in total. The highest BCUT2D eigenvalue weighted by Crippen LogP contribution is 2.19. The van der Waals surface area contributed by atoms with Crippen molar-refractivity contribution >= 4 is 11.6 Å². The average Bonchev–Trinajstić information content (AvgIpc) is 2.11. The SMILES string of the molecule is CCCC(=O)Nc1c(C)cc(C)nc1C. The van der Waals surface area contributed by atoms with Gasteiger partial charge in [-0.2, -0.15) is 0 Å². The van der Waals surface area contributed by atoms with Crippen LogP contribution in [-0.4, -0.2) is 10.9 Å². The lowest BCUT2D eigenvalue weighted by molar-refractivity contribution is -0.116. The molecule has 0 radical (unpaired) electrons. The molecule has 0 unspecified atom stereocenters. The third kappa shape index (κ3) is 3.05. The monoisotopic (exact) mass is 206 g/mol. The van der Waals surface area contributed by atoms with Crippen LogP contribution in [0.15, 0.2) is 6.07 Å². The van der Waals surface area contributed by atoms with Crippen molar-refractivity contribution in [2.45, 2.75) is 40.5 Å². The lowest BCUT2D eigenvalue weighted by atomic mass is 10.1. The highest BCUT2D eigenvalue weighted by molar-refractivity contribution is 5.92. The maximum atomic E-state index is 11.5. The number of carbonyl (C=O) groups excluding carboxylic acids is 1. The van der Waals surface area contributed by atoms with Crippen molar-refractivity contribution in [3.05, 3.63) is 23.0 Å². The van der Waals surface area contributed by atoms with Gasteiger partial charge in [0.25, 0.3) is 0 Å². The van der Waals surface area contributed by atoms with Crippen molar-refractivity contribution in [2.75, 3.05) is 5.32 Å². The zero-order chi connectivity index (χ0) is 11.4. The molecule has 0 spiro atoms. The van der Waals surface area contributed by atoms with E-state index in [9.17, 15) is 4.79 Å². The first kappa shape index (κ1) is 11.7. The Kier molecular flexibility index (Phi) is 3.83. The molecular weight excluding hydrogens is 188 g/mol. The largest absolute Gasteiger partial charge is 0.324 e. The van der Waals surface area contributed by atoms with Crippen LogP contribution in [0.2, 0.25) is 0 Å². The fourth-order valence-electron chi connectivity index (χ4n) is 1.64. The molecule has 0 atom stereocenters. The molecule has 0 aliphatic carbocycles. The van der Waals surface area contributed by atoms with Gasteiger partial charge >= 0.3 is 0 Å². The van der Waals surface area contributed by atoms with E-state index >= 15 is 0 Å². The van der Waals surface area contributed by atoms with E-state index in [4.69, 9.17) is 0 Å². The Labute approximate surface area is 90.9 Å². The van der Waals surface area contributed by atoms with Crippen LogP contribution >= 0.6 is 0 Å². The molecule has 0 bridgehead atoms. The van der Waals surface area contributed by atoms with Gasteiger partial charge in [0.2, 0.25) is 5.91 Å². The molecule has 1 rings (SSSR count). The minimum atomic E-state index is 0.0642. The van der Waals surface area contributed by atoms with Crippen LogP contribution in [0.5, 0.6) is 0 Å². The Balaban J connectivity index is 2.90. The van der Waals surface area contributed by atoms with Gasteiger partial charge in [-0.15, -0.1) is 0 Å². The highest BCUT2D eigenvalue weighted by Gasteiger charge is 2.08. The number of anilines is 1. The maximum Gasteiger partial charge on any atom is 0.224 e. The topological polar surface area (TPSA) is 42.0 Å². The van der Waals surface area contributed by atoms with E-state index in [1.165, 1.54) is 0 Å². The quantitative estimate of drug-likeness (QED) is 0.826. The van der Waals surface area contributed by atoms with E-state index in [1.54, 1.807) is 0 Å². The number of nitrogens with one attached hydrogen (secondary N) is 1. The zero-order valence-electron chi connectivity index (χ0n) is 9.85. The van der Waals surface area contributed by atoms with E-state index in [-0.39, 0.29) is 5.91 Å². The summed E-state index contributed by atoms with van der Waals surface area (Å²) in [6.45, 7) is 7.86. The van der Waals surface area contributed by atoms with Crippen LogP contribution in [0.4, 0.5) is 5.69 Å². The fraction of sp³-hybridized carbons (Fsp3) is 0.500. The summed E-state index contributed by atoms with van der Waals surface area (Å²) < 4.78 is 0. The molecule has 1 N–H and O–H groups in total. The summed E-state index contributed by atoms with van der Waals surface area (Å²) in [5.41, 5.74) is 3.80. The van der Waals surface area contributed by atoms with Crippen molar-refractivity contribution in [3.8, 4) is 0 Å². The van der Waals surface area contributed by atoms with Crippen LogP contribution in [0.3, 0.4) is 0 Å². The molecule has 15 heavy (non-hydrogen) atoms. The first-order valence-corrected chi connectivity index (χ1v) is 5.29. The second kappa shape index (κ2) is 4.91. The Bertz CT molecular complexity index is 349. The summed E-state index contributed by atoms with van der Waals surface area (Å²) in [6, 6.07) is 1.98. The van der Waals surface area contributed by atoms with Gasteiger partial charge in [0, 0.05) is 12.1 Å². The van der Waals surface area contributed by atoms with Crippen molar-refractivity contribution in [3.63, 3.8) is 0 Å². The van der Waals surface area contributed by atoms with E-state index in [2.05, 4.69) is 10.3 Å². The van der Waals surface area contributed by atoms with Gasteiger partial charge < -0.3 is 5.32 Å². The second-order valence-corrected chi connectivity index (χ2v) is 3.84. The summed E-state index contributed by atoms with van der Waals surface area (Å²) in [5, 5.41) is 2.91. The van der Waals surface area contributed by atoms with Gasteiger partial charge in [-0.25, -0.2) is 0 Å². The van der Waals surface area contributed by atoms with E-state index in [0.29, 0.717) is 6.42 Å². The van der Waals surface area contributed by atoms with E-state index < -0.39 is 0 Å². The first-order valence-electron chi connectivity index (χ1n) is 5.29. The molecular formula is C12H18N2O. The number of rotatable bonds is 3. The van der Waals surface area contributed by atoms with Crippen LogP contribution in [-0.2, 0) is 4.79 Å². The molecule has 0 saturated carbocycles. The average molecular weight is 206 g/mol. The minimum absolute atomic E-state index is 0.0642. The number of hydrogen-bond donors (Lipinski definition) is 1. The molecule has 1 amide bonds. The highest BCUT2D eigenvalue weighted by atomic mass is 16.1. The minimum Gasteiger partial charge on any atom is -0.324 e. The van der Waals surface area contributed by atoms with Crippen molar-refractivity contribution < 1.29 is 4.79 Å². The Morgan fingerprint density at radius 1 is 1.40 bits per heavy atom.